The Morgan fingerprint density at radius 1 is 0.630 bits per heavy atom. The summed E-state index contributed by atoms with van der Waals surface area (Å²) < 4.78 is 0. The number of nitrogens with zero attached hydrogens (tertiary/aromatic N) is 4. The minimum Gasteiger partial charge on any atom is -0.308 e. The number of anilines is 1. The minimum atomic E-state index is -0.845. The second-order valence-corrected chi connectivity index (χ2v) is 11.3. The van der Waals surface area contributed by atoms with Gasteiger partial charge in [-0.05, 0) is 45.8 Å². The molecule has 1 atom stereocenters. The van der Waals surface area contributed by atoms with Crippen molar-refractivity contribution >= 4 is 79.5 Å². The Balaban J connectivity index is 1.18. The number of urea groups is 1. The van der Waals surface area contributed by atoms with Gasteiger partial charge in [0.15, 0.2) is 29.3 Å². The topological polar surface area (TPSA) is 125 Å². The van der Waals surface area contributed by atoms with Gasteiger partial charge in [-0.15, -0.1) is 10.2 Å². The molecule has 0 aromatic heterocycles. The van der Waals surface area contributed by atoms with E-state index in [0.717, 1.165) is 21.5 Å². The van der Waals surface area contributed by atoms with E-state index in [1.165, 1.54) is 0 Å². The summed E-state index contributed by atoms with van der Waals surface area (Å²) in [7, 11) is 0. The first-order valence-corrected chi connectivity index (χ1v) is 15.0. The number of amidine groups is 2. The molecule has 10 heteroatoms. The molecule has 7 rings (SSSR count). The van der Waals surface area contributed by atoms with Crippen molar-refractivity contribution in [2.45, 2.75) is 18.9 Å². The zero-order chi connectivity index (χ0) is 31.6. The molecule has 0 fully saturated rings. The molecule has 46 heavy (non-hydrogen) atoms. The first-order chi connectivity index (χ1) is 22.4. The molecule has 2 aliphatic rings. The van der Waals surface area contributed by atoms with E-state index in [2.05, 4.69) is 20.8 Å². The molecule has 0 unspecified atom stereocenters. The van der Waals surface area contributed by atoms with Crippen molar-refractivity contribution in [3.05, 3.63) is 125 Å². The van der Waals surface area contributed by atoms with Gasteiger partial charge in [-0.3, -0.25) is 19.9 Å². The lowest BCUT2D eigenvalue weighted by Gasteiger charge is -2.20. The lowest BCUT2D eigenvalue weighted by Crippen LogP contribution is -2.44. The summed E-state index contributed by atoms with van der Waals surface area (Å²) in [5.41, 5.74) is 2.30. The quantitative estimate of drug-likeness (QED) is 0.185. The van der Waals surface area contributed by atoms with Crippen molar-refractivity contribution in [2.75, 3.05) is 5.32 Å². The second-order valence-electron chi connectivity index (χ2n) is 10.8. The van der Waals surface area contributed by atoms with Gasteiger partial charge >= 0.3 is 6.03 Å². The molecule has 2 amide bonds. The van der Waals surface area contributed by atoms with E-state index in [0.29, 0.717) is 33.3 Å². The number of amides is 2. The third kappa shape index (κ3) is 5.83. The molecule has 5 aromatic carbocycles. The number of fused-ring (bicyclic) bond motifs is 3. The summed E-state index contributed by atoms with van der Waals surface area (Å²) in [4.78, 5) is 49.9. The largest absolute Gasteiger partial charge is 0.324 e. The Hall–Kier alpha value is -5.80. The molecule has 0 spiro atoms. The summed E-state index contributed by atoms with van der Waals surface area (Å²) in [6, 6.07) is 31.7. The number of carbonyl (C=O) groups is 3. The highest BCUT2D eigenvalue weighted by atomic mass is 35.5. The Bertz CT molecular complexity index is 2180. The van der Waals surface area contributed by atoms with Crippen LogP contribution in [0.1, 0.15) is 33.6 Å². The van der Waals surface area contributed by atoms with E-state index in [1.54, 1.807) is 36.4 Å². The van der Waals surface area contributed by atoms with Crippen LogP contribution in [0, 0.1) is 0 Å². The molecule has 0 bridgehead atoms. The van der Waals surface area contributed by atoms with E-state index < -0.39 is 12.1 Å². The molecular formula is C36H25ClN6O3. The molecule has 9 nitrogen and oxygen atoms in total. The predicted octanol–water partition coefficient (Wildman–Crippen LogP) is 7.30. The normalized spacial score (nSPS) is 15.4. The maximum atomic E-state index is 13.8. The minimum absolute atomic E-state index is 0.0960. The van der Waals surface area contributed by atoms with Crippen LogP contribution in [0.5, 0.6) is 0 Å². The monoisotopic (exact) mass is 624 g/mol. The standard InChI is InChI=1S/C36H25ClN6O3/c37-23-15-17-24(18-16-23)38-36(46)41-35-33-34(42-43-35)40-30(20-32(45)28-14-6-10-22-8-2-4-12-26(22)28)29(39-33)19-31(44)27-13-5-9-21-7-1-3-11-25(21)27/h1-18,33H,19-20H2,(H2,38,41,43,46)/t33-/m0/s1. The highest BCUT2D eigenvalue weighted by molar-refractivity contribution is 6.52. The Morgan fingerprint density at radius 2 is 1.20 bits per heavy atom. The molecule has 0 aliphatic carbocycles. The van der Waals surface area contributed by atoms with Crippen LogP contribution in [0.15, 0.2) is 129 Å². The zero-order valence-corrected chi connectivity index (χ0v) is 25.0. The summed E-state index contributed by atoms with van der Waals surface area (Å²) in [5, 5.41) is 17.8. The second kappa shape index (κ2) is 12.3. The SMILES string of the molecule is O=C(NC1=NN=C2N=C(CC(=O)c3cccc4ccccc34)C(CC(=O)c3cccc4ccccc34)=N[C@@H]21)Nc1ccc(Cl)cc1. The highest BCUT2D eigenvalue weighted by Gasteiger charge is 2.35. The van der Waals surface area contributed by atoms with Gasteiger partial charge in [-0.1, -0.05) is 96.5 Å². The number of aliphatic imine (C=N–C) groups is 2. The smallest absolute Gasteiger partial charge is 0.308 e. The van der Waals surface area contributed by atoms with E-state index in [1.807, 2.05) is 72.8 Å². The maximum absolute atomic E-state index is 13.8. The number of halogens is 1. The average molecular weight is 625 g/mol. The fourth-order valence-electron chi connectivity index (χ4n) is 5.60. The number of nitrogens with one attached hydrogen (secondary N) is 2. The molecule has 2 aliphatic heterocycles. The summed E-state index contributed by atoms with van der Waals surface area (Å²) in [6.07, 6.45) is -0.203. The molecule has 0 saturated heterocycles. The van der Waals surface area contributed by atoms with E-state index in [4.69, 9.17) is 21.6 Å². The summed E-state index contributed by atoms with van der Waals surface area (Å²) >= 11 is 5.95. The van der Waals surface area contributed by atoms with Gasteiger partial charge in [-0.25, -0.2) is 9.79 Å². The predicted molar refractivity (Wildman–Crippen MR) is 183 cm³/mol. The van der Waals surface area contributed by atoms with Crippen LogP contribution >= 0.6 is 11.6 Å². The van der Waals surface area contributed by atoms with Crippen LogP contribution in [0.25, 0.3) is 21.5 Å². The number of rotatable bonds is 7. The number of hydrogen-bond donors (Lipinski definition) is 2. The van der Waals surface area contributed by atoms with Crippen molar-refractivity contribution in [1.82, 2.24) is 5.32 Å². The van der Waals surface area contributed by atoms with E-state index >= 15 is 0 Å². The maximum Gasteiger partial charge on any atom is 0.324 e. The summed E-state index contributed by atoms with van der Waals surface area (Å²) in [6.45, 7) is 0. The molecule has 2 N–H and O–H groups in total. The molecular weight excluding hydrogens is 600 g/mol. The van der Waals surface area contributed by atoms with Crippen molar-refractivity contribution in [3.63, 3.8) is 0 Å². The van der Waals surface area contributed by atoms with Gasteiger partial charge in [0.05, 0.1) is 24.3 Å². The van der Waals surface area contributed by atoms with E-state index in [9.17, 15) is 14.4 Å². The van der Waals surface area contributed by atoms with Crippen LogP contribution in [0.4, 0.5) is 10.5 Å². The van der Waals surface area contributed by atoms with Gasteiger partial charge in [0.2, 0.25) is 0 Å². The van der Waals surface area contributed by atoms with Gasteiger partial charge in [0, 0.05) is 21.8 Å². The van der Waals surface area contributed by atoms with Crippen molar-refractivity contribution in [2.24, 2.45) is 20.2 Å². The van der Waals surface area contributed by atoms with Crippen LogP contribution in [0.2, 0.25) is 5.02 Å². The third-order valence-corrected chi connectivity index (χ3v) is 8.06. The van der Waals surface area contributed by atoms with Crippen molar-refractivity contribution in [3.8, 4) is 0 Å². The van der Waals surface area contributed by atoms with E-state index in [-0.39, 0.29) is 36.1 Å². The Labute approximate surface area is 268 Å². The molecule has 0 saturated carbocycles. The fraction of sp³-hybridized carbons (Fsp3) is 0.0833. The molecule has 0 radical (unpaired) electrons. The van der Waals surface area contributed by atoms with Gasteiger partial charge in [0.1, 0.15) is 0 Å². The number of benzene rings is 5. The number of carbonyl (C=O) groups excluding carboxylic acids is 3. The van der Waals surface area contributed by atoms with Gasteiger partial charge < -0.3 is 5.32 Å². The van der Waals surface area contributed by atoms with Crippen LogP contribution in [-0.2, 0) is 0 Å². The van der Waals surface area contributed by atoms with Crippen LogP contribution in [0.3, 0.4) is 0 Å². The molecule has 5 aromatic rings. The fourth-order valence-corrected chi connectivity index (χ4v) is 5.72. The molecule has 224 valence electrons. The van der Waals surface area contributed by atoms with Gasteiger partial charge in [-0.2, -0.15) is 0 Å². The lowest BCUT2D eigenvalue weighted by atomic mass is 9.93. The van der Waals surface area contributed by atoms with Crippen molar-refractivity contribution in [1.29, 1.82) is 0 Å². The van der Waals surface area contributed by atoms with Gasteiger partial charge in [0.25, 0.3) is 0 Å². The van der Waals surface area contributed by atoms with Crippen molar-refractivity contribution < 1.29 is 14.4 Å². The third-order valence-electron chi connectivity index (χ3n) is 7.81. The Morgan fingerprint density at radius 3 is 1.83 bits per heavy atom. The summed E-state index contributed by atoms with van der Waals surface area (Å²) in [5.74, 6) is 0.0364. The number of ketones is 2. The number of Topliss-reactive ketones (excluding diaryl/α,β-unsaturated/α-hetero) is 2. The zero-order valence-electron chi connectivity index (χ0n) is 24.3. The molecule has 2 heterocycles. The van der Waals surface area contributed by atoms with Crippen LogP contribution < -0.4 is 10.6 Å². The first kappa shape index (κ1) is 28.9. The Kier molecular flexibility index (Phi) is 7.74. The van der Waals surface area contributed by atoms with Crippen LogP contribution in [-0.4, -0.2) is 46.7 Å². The lowest BCUT2D eigenvalue weighted by molar-refractivity contribution is 0.0991. The highest BCUT2D eigenvalue weighted by Crippen LogP contribution is 2.25. The average Bonchev–Trinajstić information content (AvgIpc) is 3.45. The first-order valence-electron chi connectivity index (χ1n) is 14.6. The number of hydrogen-bond acceptors (Lipinski definition) is 7.